The van der Waals surface area contributed by atoms with Crippen LogP contribution >= 0.6 is 0 Å². The van der Waals surface area contributed by atoms with Crippen LogP contribution in [0.15, 0.2) is 48.9 Å². The molecule has 0 amide bonds. The highest BCUT2D eigenvalue weighted by atomic mass is 15.1. The lowest BCUT2D eigenvalue weighted by Crippen LogP contribution is -1.78. The Balaban J connectivity index is 2.36. The average molecular weight is 207 g/mol. The molecule has 0 aliphatic carbocycles. The molecule has 0 fully saturated rings. The highest BCUT2D eigenvalue weighted by Crippen LogP contribution is 2.25. The number of aromatic nitrogens is 3. The number of aromatic amines is 1. The lowest BCUT2D eigenvalue weighted by atomic mass is 10.1. The quantitative estimate of drug-likeness (QED) is 0.472. The summed E-state index contributed by atoms with van der Waals surface area (Å²) in [7, 11) is 0. The maximum atomic E-state index is 4.12. The number of imidazole rings is 2. The zero-order valence-electron chi connectivity index (χ0n) is 8.51. The van der Waals surface area contributed by atoms with Gasteiger partial charge in [0, 0.05) is 5.39 Å². The minimum absolute atomic E-state index is 1.03. The van der Waals surface area contributed by atoms with Crippen molar-refractivity contribution in [1.29, 1.82) is 0 Å². The molecule has 0 aliphatic rings. The van der Waals surface area contributed by atoms with Crippen molar-refractivity contribution in [3.8, 4) is 0 Å². The van der Waals surface area contributed by atoms with Gasteiger partial charge in [-0.3, -0.25) is 4.40 Å². The Bertz CT molecular complexity index is 802. The van der Waals surface area contributed by atoms with Crippen LogP contribution in [0.2, 0.25) is 0 Å². The molecule has 0 spiro atoms. The smallest absolute Gasteiger partial charge is 0.135 e. The first kappa shape index (κ1) is 7.93. The fraction of sp³-hybridized carbons (Fsp3) is 0. The van der Waals surface area contributed by atoms with E-state index in [9.17, 15) is 0 Å². The summed E-state index contributed by atoms with van der Waals surface area (Å²) in [6.07, 6.45) is 3.68. The zero-order chi connectivity index (χ0) is 10.5. The van der Waals surface area contributed by atoms with E-state index >= 15 is 0 Å². The highest BCUT2D eigenvalue weighted by molar-refractivity contribution is 6.05. The molecule has 0 unspecified atom stereocenters. The van der Waals surface area contributed by atoms with E-state index in [2.05, 4.69) is 50.8 Å². The van der Waals surface area contributed by atoms with Gasteiger partial charge < -0.3 is 4.98 Å². The lowest BCUT2D eigenvalue weighted by molar-refractivity contribution is 1.22. The van der Waals surface area contributed by atoms with Crippen LogP contribution in [-0.2, 0) is 0 Å². The number of rotatable bonds is 0. The van der Waals surface area contributed by atoms with Crippen molar-refractivity contribution >= 4 is 27.5 Å². The summed E-state index contributed by atoms with van der Waals surface area (Å²) >= 11 is 0. The van der Waals surface area contributed by atoms with Crippen LogP contribution in [-0.4, -0.2) is 14.4 Å². The molecule has 3 nitrogen and oxygen atoms in total. The van der Waals surface area contributed by atoms with Gasteiger partial charge in [0.15, 0.2) is 0 Å². The molecular weight excluding hydrogens is 198 g/mol. The first-order chi connectivity index (χ1) is 7.93. The average Bonchev–Trinajstić information content (AvgIpc) is 2.88. The Hall–Kier alpha value is -2.29. The largest absolute Gasteiger partial charge is 0.338 e. The van der Waals surface area contributed by atoms with Crippen LogP contribution < -0.4 is 0 Å². The van der Waals surface area contributed by atoms with E-state index in [0.717, 1.165) is 5.65 Å². The maximum absolute atomic E-state index is 4.12. The van der Waals surface area contributed by atoms with Crippen LogP contribution in [0.3, 0.4) is 0 Å². The van der Waals surface area contributed by atoms with Gasteiger partial charge in [-0.05, 0) is 11.5 Å². The number of hydrogen-bond acceptors (Lipinski definition) is 1. The molecule has 16 heavy (non-hydrogen) atoms. The van der Waals surface area contributed by atoms with E-state index in [1.807, 2.05) is 12.5 Å². The Morgan fingerprint density at radius 3 is 3.00 bits per heavy atom. The second-order valence-electron chi connectivity index (χ2n) is 3.95. The Morgan fingerprint density at radius 2 is 2.00 bits per heavy atom. The molecule has 4 rings (SSSR count). The molecule has 76 valence electrons. The van der Waals surface area contributed by atoms with E-state index in [1.165, 1.54) is 21.8 Å². The van der Waals surface area contributed by atoms with Crippen LogP contribution in [0.5, 0.6) is 0 Å². The molecule has 0 saturated heterocycles. The molecule has 0 aliphatic heterocycles. The SMILES string of the molecule is c1ccc2c(c1)ccc1c2[nH]c2cncn21. The molecule has 2 aromatic carbocycles. The first-order valence-electron chi connectivity index (χ1n) is 5.25. The highest BCUT2D eigenvalue weighted by Gasteiger charge is 2.06. The second-order valence-corrected chi connectivity index (χ2v) is 3.95. The van der Waals surface area contributed by atoms with Gasteiger partial charge in [-0.2, -0.15) is 0 Å². The molecule has 2 aromatic heterocycles. The molecule has 0 radical (unpaired) electrons. The fourth-order valence-electron chi connectivity index (χ4n) is 2.30. The van der Waals surface area contributed by atoms with Crippen molar-refractivity contribution in [3.63, 3.8) is 0 Å². The van der Waals surface area contributed by atoms with Crippen molar-refractivity contribution < 1.29 is 0 Å². The number of fused-ring (bicyclic) bond motifs is 5. The van der Waals surface area contributed by atoms with E-state index in [1.54, 1.807) is 0 Å². The van der Waals surface area contributed by atoms with Crippen molar-refractivity contribution in [3.05, 3.63) is 48.9 Å². The Kier molecular flexibility index (Phi) is 1.31. The number of benzene rings is 2. The number of nitrogens with one attached hydrogen (secondary N) is 1. The van der Waals surface area contributed by atoms with Crippen LogP contribution in [0.25, 0.3) is 27.5 Å². The van der Waals surface area contributed by atoms with Gasteiger partial charge in [-0.15, -0.1) is 0 Å². The molecule has 1 N–H and O–H groups in total. The third-order valence-electron chi connectivity index (χ3n) is 3.06. The van der Waals surface area contributed by atoms with Crippen LogP contribution in [0.4, 0.5) is 0 Å². The summed E-state index contributed by atoms with van der Waals surface area (Å²) in [5.74, 6) is 0. The molecule has 3 heteroatoms. The van der Waals surface area contributed by atoms with Crippen molar-refractivity contribution in [1.82, 2.24) is 14.4 Å². The van der Waals surface area contributed by atoms with Gasteiger partial charge in [0.25, 0.3) is 0 Å². The summed E-state index contributed by atoms with van der Waals surface area (Å²) in [5, 5.41) is 2.51. The number of H-pyrrole nitrogens is 1. The minimum atomic E-state index is 1.03. The van der Waals surface area contributed by atoms with Crippen molar-refractivity contribution in [2.24, 2.45) is 0 Å². The zero-order valence-corrected chi connectivity index (χ0v) is 8.51. The van der Waals surface area contributed by atoms with Gasteiger partial charge in [0.2, 0.25) is 0 Å². The van der Waals surface area contributed by atoms with E-state index in [-0.39, 0.29) is 0 Å². The number of hydrogen-bond donors (Lipinski definition) is 1. The van der Waals surface area contributed by atoms with Crippen molar-refractivity contribution in [2.45, 2.75) is 0 Å². The standard InChI is InChI=1S/C13H9N3/c1-2-4-10-9(3-1)5-6-11-13(10)15-12-7-14-8-16(11)12/h1-8,15H. The summed E-state index contributed by atoms with van der Waals surface area (Å²) < 4.78 is 2.07. The van der Waals surface area contributed by atoms with Crippen LogP contribution in [0.1, 0.15) is 0 Å². The van der Waals surface area contributed by atoms with E-state index in [4.69, 9.17) is 0 Å². The fourth-order valence-corrected chi connectivity index (χ4v) is 2.30. The van der Waals surface area contributed by atoms with Gasteiger partial charge >= 0.3 is 0 Å². The Morgan fingerprint density at radius 1 is 1.06 bits per heavy atom. The third kappa shape index (κ3) is 0.852. The van der Waals surface area contributed by atoms with Crippen LogP contribution in [0, 0.1) is 0 Å². The normalized spacial score (nSPS) is 11.8. The third-order valence-corrected chi connectivity index (χ3v) is 3.06. The summed E-state index contributed by atoms with van der Waals surface area (Å²) in [4.78, 5) is 7.52. The summed E-state index contributed by atoms with van der Waals surface area (Å²) in [6.45, 7) is 0. The van der Waals surface area contributed by atoms with E-state index in [0.29, 0.717) is 0 Å². The summed E-state index contributed by atoms with van der Waals surface area (Å²) in [6, 6.07) is 12.7. The molecular formula is C13H9N3. The predicted octanol–water partition coefficient (Wildman–Crippen LogP) is 2.97. The molecule has 0 bridgehead atoms. The Labute approximate surface area is 91.3 Å². The lowest BCUT2D eigenvalue weighted by Gasteiger charge is -1.98. The first-order valence-corrected chi connectivity index (χ1v) is 5.25. The minimum Gasteiger partial charge on any atom is -0.338 e. The second kappa shape index (κ2) is 2.64. The van der Waals surface area contributed by atoms with E-state index < -0.39 is 0 Å². The summed E-state index contributed by atoms with van der Waals surface area (Å²) in [5.41, 5.74) is 3.38. The predicted molar refractivity (Wildman–Crippen MR) is 64.6 cm³/mol. The molecule has 0 saturated carbocycles. The van der Waals surface area contributed by atoms with Gasteiger partial charge in [0.05, 0.1) is 17.2 Å². The molecule has 4 aromatic rings. The van der Waals surface area contributed by atoms with Gasteiger partial charge in [0.1, 0.15) is 12.0 Å². The monoisotopic (exact) mass is 207 g/mol. The van der Waals surface area contributed by atoms with Crippen molar-refractivity contribution in [2.75, 3.05) is 0 Å². The van der Waals surface area contributed by atoms with Gasteiger partial charge in [-0.25, -0.2) is 4.98 Å². The topological polar surface area (TPSA) is 33.1 Å². The van der Waals surface area contributed by atoms with Gasteiger partial charge in [-0.1, -0.05) is 30.3 Å². The number of nitrogens with zero attached hydrogens (tertiary/aromatic N) is 2. The molecule has 2 heterocycles. The molecule has 0 atom stereocenters. The maximum Gasteiger partial charge on any atom is 0.135 e.